The van der Waals surface area contributed by atoms with Crippen molar-refractivity contribution in [1.29, 1.82) is 0 Å². The van der Waals surface area contributed by atoms with E-state index in [-0.39, 0.29) is 12.8 Å². The Morgan fingerprint density at radius 2 is 1.88 bits per heavy atom. The number of alkyl halides is 2. The standard InChI is InChI=1S/C12H24F2N2/c1-10(9-16(2)3)15-8-11-4-6-12(13,14)7-5-11/h10-11,15H,4-9H2,1-3H3. The highest BCUT2D eigenvalue weighted by atomic mass is 19.3. The highest BCUT2D eigenvalue weighted by Gasteiger charge is 2.34. The SMILES string of the molecule is CC(CN(C)C)NCC1CCC(F)(F)CC1. The van der Waals surface area contributed by atoms with Crippen LogP contribution in [-0.2, 0) is 0 Å². The summed E-state index contributed by atoms with van der Waals surface area (Å²) in [5.74, 6) is -1.96. The summed E-state index contributed by atoms with van der Waals surface area (Å²) in [7, 11) is 4.08. The largest absolute Gasteiger partial charge is 0.313 e. The maximum absolute atomic E-state index is 12.9. The summed E-state index contributed by atoms with van der Waals surface area (Å²) in [4.78, 5) is 2.13. The molecule has 0 saturated heterocycles. The second kappa shape index (κ2) is 5.92. The third-order valence-corrected chi connectivity index (χ3v) is 3.23. The Morgan fingerprint density at radius 1 is 1.31 bits per heavy atom. The molecule has 1 N–H and O–H groups in total. The average Bonchev–Trinajstić information content (AvgIpc) is 2.15. The lowest BCUT2D eigenvalue weighted by Crippen LogP contribution is -2.39. The number of likely N-dealkylation sites (N-methyl/N-ethyl adjacent to an activating group) is 1. The zero-order valence-electron chi connectivity index (χ0n) is 10.6. The third-order valence-electron chi connectivity index (χ3n) is 3.23. The molecule has 1 aliphatic carbocycles. The van der Waals surface area contributed by atoms with Crippen molar-refractivity contribution in [3.63, 3.8) is 0 Å². The second-order valence-corrected chi connectivity index (χ2v) is 5.37. The first-order valence-electron chi connectivity index (χ1n) is 6.15. The monoisotopic (exact) mass is 234 g/mol. The molecule has 0 aromatic rings. The Balaban J connectivity index is 2.15. The van der Waals surface area contributed by atoms with E-state index < -0.39 is 5.92 Å². The first kappa shape index (κ1) is 13.8. The van der Waals surface area contributed by atoms with Gasteiger partial charge in [0.1, 0.15) is 0 Å². The van der Waals surface area contributed by atoms with Crippen LogP contribution in [0.25, 0.3) is 0 Å². The van der Waals surface area contributed by atoms with E-state index in [1.807, 2.05) is 14.1 Å². The maximum atomic E-state index is 12.9. The molecule has 0 aliphatic heterocycles. The van der Waals surface area contributed by atoms with Crippen molar-refractivity contribution in [2.45, 2.75) is 44.6 Å². The van der Waals surface area contributed by atoms with Crippen LogP contribution in [0.3, 0.4) is 0 Å². The summed E-state index contributed by atoms with van der Waals surface area (Å²) in [5, 5.41) is 3.42. The van der Waals surface area contributed by atoms with Gasteiger partial charge < -0.3 is 10.2 Å². The summed E-state index contributed by atoms with van der Waals surface area (Å²) < 4.78 is 25.8. The number of halogens is 2. The molecule has 96 valence electrons. The van der Waals surface area contributed by atoms with Crippen LogP contribution in [0.15, 0.2) is 0 Å². The van der Waals surface area contributed by atoms with Gasteiger partial charge in [-0.15, -0.1) is 0 Å². The summed E-state index contributed by atoms with van der Waals surface area (Å²) in [6.45, 7) is 4.01. The minimum absolute atomic E-state index is 0.0708. The van der Waals surface area contributed by atoms with Gasteiger partial charge in [-0.25, -0.2) is 8.78 Å². The predicted molar refractivity (Wildman–Crippen MR) is 62.9 cm³/mol. The van der Waals surface area contributed by atoms with Crippen molar-refractivity contribution >= 4 is 0 Å². The number of hydrogen-bond acceptors (Lipinski definition) is 2. The normalized spacial score (nSPS) is 23.6. The Morgan fingerprint density at radius 3 is 2.38 bits per heavy atom. The van der Waals surface area contributed by atoms with Crippen molar-refractivity contribution in [1.82, 2.24) is 10.2 Å². The van der Waals surface area contributed by atoms with Crippen LogP contribution >= 0.6 is 0 Å². The van der Waals surface area contributed by atoms with Gasteiger partial charge in [0.25, 0.3) is 0 Å². The summed E-state index contributed by atoms with van der Waals surface area (Å²) in [5.41, 5.74) is 0. The van der Waals surface area contributed by atoms with E-state index in [4.69, 9.17) is 0 Å². The molecule has 0 heterocycles. The van der Waals surface area contributed by atoms with Gasteiger partial charge in [-0.1, -0.05) is 0 Å². The van der Waals surface area contributed by atoms with Crippen molar-refractivity contribution in [2.24, 2.45) is 5.92 Å². The zero-order valence-corrected chi connectivity index (χ0v) is 10.6. The summed E-state index contributed by atoms with van der Waals surface area (Å²) >= 11 is 0. The van der Waals surface area contributed by atoms with Crippen LogP contribution in [0, 0.1) is 5.92 Å². The molecule has 0 aromatic carbocycles. The van der Waals surface area contributed by atoms with E-state index in [0.29, 0.717) is 24.8 Å². The topological polar surface area (TPSA) is 15.3 Å². The molecule has 16 heavy (non-hydrogen) atoms. The molecule has 1 rings (SSSR count). The Hall–Kier alpha value is -0.220. The third kappa shape index (κ3) is 5.21. The fourth-order valence-corrected chi connectivity index (χ4v) is 2.28. The van der Waals surface area contributed by atoms with Crippen LogP contribution in [0.2, 0.25) is 0 Å². The molecule has 0 amide bonds. The number of rotatable bonds is 5. The zero-order chi connectivity index (χ0) is 12.2. The minimum Gasteiger partial charge on any atom is -0.313 e. The number of nitrogens with one attached hydrogen (secondary N) is 1. The van der Waals surface area contributed by atoms with Crippen molar-refractivity contribution in [3.05, 3.63) is 0 Å². The Labute approximate surface area is 97.4 Å². The summed E-state index contributed by atoms with van der Waals surface area (Å²) in [6, 6.07) is 0.428. The van der Waals surface area contributed by atoms with Gasteiger partial charge in [0, 0.05) is 25.4 Å². The molecule has 1 atom stereocenters. The molecule has 1 saturated carbocycles. The van der Waals surface area contributed by atoms with E-state index in [0.717, 1.165) is 13.1 Å². The van der Waals surface area contributed by atoms with E-state index in [1.165, 1.54) is 0 Å². The van der Waals surface area contributed by atoms with Gasteiger partial charge >= 0.3 is 0 Å². The molecule has 0 radical (unpaired) electrons. The van der Waals surface area contributed by atoms with Crippen LogP contribution in [0.1, 0.15) is 32.6 Å². The summed E-state index contributed by atoms with van der Waals surface area (Å²) in [6.07, 6.45) is 1.46. The van der Waals surface area contributed by atoms with E-state index in [2.05, 4.69) is 17.1 Å². The first-order valence-corrected chi connectivity index (χ1v) is 6.15. The van der Waals surface area contributed by atoms with Gasteiger partial charge in [-0.05, 0) is 46.3 Å². The molecule has 0 aromatic heterocycles. The van der Waals surface area contributed by atoms with Gasteiger partial charge in [0.2, 0.25) is 5.92 Å². The van der Waals surface area contributed by atoms with Crippen molar-refractivity contribution in [2.75, 3.05) is 27.2 Å². The van der Waals surface area contributed by atoms with Gasteiger partial charge in [-0.3, -0.25) is 0 Å². The van der Waals surface area contributed by atoms with E-state index >= 15 is 0 Å². The Kier molecular flexibility index (Phi) is 5.12. The van der Waals surface area contributed by atoms with E-state index in [1.54, 1.807) is 0 Å². The van der Waals surface area contributed by atoms with Gasteiger partial charge in [-0.2, -0.15) is 0 Å². The van der Waals surface area contributed by atoms with Crippen molar-refractivity contribution < 1.29 is 8.78 Å². The lowest BCUT2D eigenvalue weighted by molar-refractivity contribution is -0.0456. The fourth-order valence-electron chi connectivity index (χ4n) is 2.28. The Bertz CT molecular complexity index is 197. The minimum atomic E-state index is -2.40. The second-order valence-electron chi connectivity index (χ2n) is 5.37. The van der Waals surface area contributed by atoms with Gasteiger partial charge in [0.15, 0.2) is 0 Å². The molecular formula is C12H24F2N2. The number of hydrogen-bond donors (Lipinski definition) is 1. The highest BCUT2D eigenvalue weighted by Crippen LogP contribution is 2.35. The van der Waals surface area contributed by atoms with Crippen LogP contribution in [-0.4, -0.2) is 44.0 Å². The fraction of sp³-hybridized carbons (Fsp3) is 1.00. The molecule has 2 nitrogen and oxygen atoms in total. The lowest BCUT2D eigenvalue weighted by atomic mass is 9.86. The molecule has 1 fully saturated rings. The van der Waals surface area contributed by atoms with E-state index in [9.17, 15) is 8.78 Å². The molecule has 4 heteroatoms. The van der Waals surface area contributed by atoms with Crippen molar-refractivity contribution in [3.8, 4) is 0 Å². The van der Waals surface area contributed by atoms with Crippen LogP contribution in [0.4, 0.5) is 8.78 Å². The first-order chi connectivity index (χ1) is 7.39. The quantitative estimate of drug-likeness (QED) is 0.785. The molecule has 1 aliphatic rings. The lowest BCUT2D eigenvalue weighted by Gasteiger charge is -2.29. The number of nitrogens with zero attached hydrogens (tertiary/aromatic N) is 1. The molecule has 1 unspecified atom stereocenters. The molecule has 0 spiro atoms. The smallest absolute Gasteiger partial charge is 0.248 e. The highest BCUT2D eigenvalue weighted by molar-refractivity contribution is 4.79. The maximum Gasteiger partial charge on any atom is 0.248 e. The molecule has 0 bridgehead atoms. The average molecular weight is 234 g/mol. The van der Waals surface area contributed by atoms with Gasteiger partial charge in [0.05, 0.1) is 0 Å². The van der Waals surface area contributed by atoms with Crippen LogP contribution < -0.4 is 5.32 Å². The molecular weight excluding hydrogens is 210 g/mol. The predicted octanol–water partition coefficient (Wildman–Crippen LogP) is 2.35. The van der Waals surface area contributed by atoms with Crippen LogP contribution in [0.5, 0.6) is 0 Å².